The number of anilines is 2. The van der Waals surface area contributed by atoms with Crippen molar-refractivity contribution in [1.82, 2.24) is 9.88 Å². The van der Waals surface area contributed by atoms with Gasteiger partial charge in [0.2, 0.25) is 0 Å². The number of amides is 2. The molecule has 210 valence electrons. The zero-order chi connectivity index (χ0) is 27.9. The van der Waals surface area contributed by atoms with Gasteiger partial charge in [-0.1, -0.05) is 24.3 Å². The van der Waals surface area contributed by atoms with Crippen molar-refractivity contribution in [3.63, 3.8) is 0 Å². The maximum absolute atomic E-state index is 13.1. The summed E-state index contributed by atoms with van der Waals surface area (Å²) in [5.74, 6) is -0.213. The van der Waals surface area contributed by atoms with Crippen LogP contribution >= 0.6 is 0 Å². The molecule has 0 atom stereocenters. The smallest absolute Gasteiger partial charge is 0.410 e. The summed E-state index contributed by atoms with van der Waals surface area (Å²) < 4.78 is 10.7. The van der Waals surface area contributed by atoms with Crippen LogP contribution in [0.3, 0.4) is 0 Å². The van der Waals surface area contributed by atoms with Crippen molar-refractivity contribution >= 4 is 23.4 Å². The third-order valence-electron chi connectivity index (χ3n) is 7.72. The molecule has 1 saturated carbocycles. The molecule has 1 aliphatic heterocycles. The lowest BCUT2D eigenvalue weighted by Gasteiger charge is -2.35. The Morgan fingerprint density at radius 1 is 1.05 bits per heavy atom. The molecule has 1 aliphatic carbocycles. The lowest BCUT2D eigenvalue weighted by atomic mass is 9.90. The Hall–Kier alpha value is -3.95. The van der Waals surface area contributed by atoms with E-state index in [1.807, 2.05) is 29.2 Å². The predicted octanol–water partition coefficient (Wildman–Crippen LogP) is 4.68. The number of carbonyl (C=O) groups excluding carboxylic acids is 2. The number of methoxy groups -OCH3 is 1. The maximum atomic E-state index is 13.1. The van der Waals surface area contributed by atoms with Gasteiger partial charge in [-0.05, 0) is 72.7 Å². The fraction of sp³-hybridized carbons (Fsp3) is 0.387. The van der Waals surface area contributed by atoms with Gasteiger partial charge >= 0.3 is 6.09 Å². The van der Waals surface area contributed by atoms with Crippen LogP contribution in [0.4, 0.5) is 16.2 Å². The molecule has 2 fully saturated rings. The van der Waals surface area contributed by atoms with Gasteiger partial charge in [-0.2, -0.15) is 0 Å². The second kappa shape index (κ2) is 12.9. The predicted molar refractivity (Wildman–Crippen MR) is 155 cm³/mol. The van der Waals surface area contributed by atoms with Gasteiger partial charge in [0, 0.05) is 44.1 Å². The summed E-state index contributed by atoms with van der Waals surface area (Å²) >= 11 is 0. The van der Waals surface area contributed by atoms with E-state index in [0.717, 1.165) is 66.8 Å². The van der Waals surface area contributed by atoms with Crippen molar-refractivity contribution in [2.24, 2.45) is 5.73 Å². The van der Waals surface area contributed by atoms with Crippen molar-refractivity contribution in [3.05, 3.63) is 78.1 Å². The minimum atomic E-state index is -0.318. The number of morpholine rings is 1. The van der Waals surface area contributed by atoms with Gasteiger partial charge in [0.15, 0.2) is 0 Å². The average molecular weight is 544 g/mol. The summed E-state index contributed by atoms with van der Waals surface area (Å²) in [6, 6.07) is 18.1. The van der Waals surface area contributed by atoms with Crippen LogP contribution in [0.1, 0.15) is 41.6 Å². The van der Waals surface area contributed by atoms with Crippen LogP contribution in [0.25, 0.3) is 11.1 Å². The molecule has 1 saturated heterocycles. The van der Waals surface area contributed by atoms with E-state index >= 15 is 0 Å². The summed E-state index contributed by atoms with van der Waals surface area (Å²) in [6.45, 7) is 3.24. The summed E-state index contributed by atoms with van der Waals surface area (Å²) in [6.07, 6.45) is 6.44. The van der Waals surface area contributed by atoms with E-state index < -0.39 is 0 Å². The summed E-state index contributed by atoms with van der Waals surface area (Å²) in [5, 5.41) is 3.11. The normalized spacial score (nSPS) is 19.1. The zero-order valence-corrected chi connectivity index (χ0v) is 22.9. The number of benzene rings is 2. The standard InChI is InChI=1S/C31H37N5O4/c1-39-31(38)36(27-10-8-26(32)9-11-27)21-22-4-2-5-23(18-22)24-7-12-29(35-14-16-40-17-15-35)28(19-24)34-30(37)25-6-3-13-33-20-25/h2-7,12-13,18-20,26-27H,8-11,14-17,21,32H2,1H3,(H,34,37). The molecule has 0 radical (unpaired) electrons. The van der Waals surface area contributed by atoms with Crippen LogP contribution in [-0.2, 0) is 16.0 Å². The van der Waals surface area contributed by atoms with Crippen molar-refractivity contribution in [2.75, 3.05) is 43.6 Å². The molecule has 2 amide bonds. The van der Waals surface area contributed by atoms with Gasteiger partial charge < -0.3 is 30.3 Å². The number of nitrogens with two attached hydrogens (primary N) is 1. The maximum Gasteiger partial charge on any atom is 0.410 e. The Morgan fingerprint density at radius 2 is 1.82 bits per heavy atom. The van der Waals surface area contributed by atoms with Crippen LogP contribution in [0, 0.1) is 0 Å². The molecule has 9 nitrogen and oxygen atoms in total. The van der Waals surface area contributed by atoms with E-state index in [0.29, 0.717) is 25.3 Å². The fourth-order valence-electron chi connectivity index (χ4n) is 5.51. The highest BCUT2D eigenvalue weighted by Gasteiger charge is 2.28. The molecule has 0 spiro atoms. The molecule has 3 aromatic rings. The van der Waals surface area contributed by atoms with E-state index in [-0.39, 0.29) is 24.1 Å². The first-order valence-electron chi connectivity index (χ1n) is 13.9. The van der Waals surface area contributed by atoms with E-state index in [1.54, 1.807) is 24.5 Å². The molecular weight excluding hydrogens is 506 g/mol. The van der Waals surface area contributed by atoms with Crippen molar-refractivity contribution in [1.29, 1.82) is 0 Å². The number of carbonyl (C=O) groups is 2. The summed E-state index contributed by atoms with van der Waals surface area (Å²) in [7, 11) is 1.43. The first-order chi connectivity index (χ1) is 19.5. The Bertz CT molecular complexity index is 1300. The number of pyridine rings is 1. The number of rotatable bonds is 7. The minimum Gasteiger partial charge on any atom is -0.453 e. The third-order valence-corrected chi connectivity index (χ3v) is 7.72. The minimum absolute atomic E-state index is 0.109. The van der Waals surface area contributed by atoms with Gasteiger partial charge in [0.25, 0.3) is 5.91 Å². The highest BCUT2D eigenvalue weighted by molar-refractivity contribution is 6.06. The first kappa shape index (κ1) is 27.6. The van der Waals surface area contributed by atoms with Gasteiger partial charge in [0.05, 0.1) is 37.3 Å². The van der Waals surface area contributed by atoms with E-state index in [4.69, 9.17) is 15.2 Å². The average Bonchev–Trinajstić information content (AvgIpc) is 3.01. The number of nitrogens with one attached hydrogen (secondary N) is 1. The third kappa shape index (κ3) is 6.60. The van der Waals surface area contributed by atoms with E-state index in [1.165, 1.54) is 7.11 Å². The number of hydrogen-bond donors (Lipinski definition) is 2. The summed E-state index contributed by atoms with van der Waals surface area (Å²) in [4.78, 5) is 33.9. The molecule has 0 bridgehead atoms. The lowest BCUT2D eigenvalue weighted by molar-refractivity contribution is 0.0879. The molecule has 2 aliphatic rings. The molecule has 1 aromatic heterocycles. The van der Waals surface area contributed by atoms with Crippen molar-refractivity contribution < 1.29 is 19.1 Å². The fourth-order valence-corrected chi connectivity index (χ4v) is 5.51. The van der Waals surface area contributed by atoms with Gasteiger partial charge in [-0.3, -0.25) is 9.78 Å². The Morgan fingerprint density at radius 3 is 2.55 bits per heavy atom. The van der Waals surface area contributed by atoms with Gasteiger partial charge in [0.1, 0.15) is 0 Å². The zero-order valence-electron chi connectivity index (χ0n) is 22.9. The monoisotopic (exact) mass is 543 g/mol. The molecule has 3 N–H and O–H groups in total. The summed E-state index contributed by atoms with van der Waals surface area (Å²) in [5.41, 5.74) is 11.3. The van der Waals surface area contributed by atoms with Crippen LogP contribution in [0.5, 0.6) is 0 Å². The Balaban J connectivity index is 1.42. The molecule has 40 heavy (non-hydrogen) atoms. The lowest BCUT2D eigenvalue weighted by Crippen LogP contribution is -2.43. The van der Waals surface area contributed by atoms with Crippen LogP contribution < -0.4 is 16.0 Å². The topological polar surface area (TPSA) is 110 Å². The van der Waals surface area contributed by atoms with Crippen molar-refractivity contribution in [2.45, 2.75) is 44.3 Å². The number of hydrogen-bond acceptors (Lipinski definition) is 7. The highest BCUT2D eigenvalue weighted by atomic mass is 16.5. The van der Waals surface area contributed by atoms with Crippen molar-refractivity contribution in [3.8, 4) is 11.1 Å². The molecule has 0 unspecified atom stereocenters. The molecule has 9 heteroatoms. The molecule has 2 aromatic carbocycles. The van der Waals surface area contributed by atoms with Crippen LogP contribution in [0.15, 0.2) is 67.0 Å². The number of aromatic nitrogens is 1. The van der Waals surface area contributed by atoms with Crippen LogP contribution in [0.2, 0.25) is 0 Å². The van der Waals surface area contributed by atoms with Gasteiger partial charge in [-0.15, -0.1) is 0 Å². The van der Waals surface area contributed by atoms with E-state index in [9.17, 15) is 9.59 Å². The SMILES string of the molecule is COC(=O)N(Cc1cccc(-c2ccc(N3CCOCC3)c(NC(=O)c3cccnc3)c2)c1)C1CCC(N)CC1. The number of ether oxygens (including phenoxy) is 2. The van der Waals surface area contributed by atoms with Gasteiger partial charge in [-0.25, -0.2) is 4.79 Å². The quantitative estimate of drug-likeness (QED) is 0.445. The Kier molecular flexibility index (Phi) is 8.93. The molecule has 5 rings (SSSR count). The number of nitrogens with zero attached hydrogens (tertiary/aromatic N) is 3. The Labute approximate surface area is 235 Å². The highest BCUT2D eigenvalue weighted by Crippen LogP contribution is 2.33. The largest absolute Gasteiger partial charge is 0.453 e. The molecular formula is C31H37N5O4. The van der Waals surface area contributed by atoms with E-state index in [2.05, 4.69) is 33.4 Å². The van der Waals surface area contributed by atoms with Crippen LogP contribution in [-0.4, -0.2) is 67.4 Å². The second-order valence-electron chi connectivity index (χ2n) is 10.4. The second-order valence-corrected chi connectivity index (χ2v) is 10.4. The first-order valence-corrected chi connectivity index (χ1v) is 13.9. The molecule has 2 heterocycles.